The molecule has 3 rings (SSSR count). The lowest BCUT2D eigenvalue weighted by atomic mass is 10.1. The third-order valence-corrected chi connectivity index (χ3v) is 5.51. The third-order valence-electron chi connectivity index (χ3n) is 3.94. The molecule has 2 heterocycles. The normalized spacial score (nSPS) is 10.8. The van der Waals surface area contributed by atoms with Crippen molar-refractivity contribution < 1.29 is 9.53 Å². The number of amides is 1. The fourth-order valence-electron chi connectivity index (χ4n) is 2.44. The van der Waals surface area contributed by atoms with E-state index in [1.54, 1.807) is 30.6 Å². The van der Waals surface area contributed by atoms with Gasteiger partial charge in [0.15, 0.2) is 0 Å². The predicted molar refractivity (Wildman–Crippen MR) is 121 cm³/mol. The minimum Gasteiger partial charge on any atom is -0.476 e. The summed E-state index contributed by atoms with van der Waals surface area (Å²) >= 11 is 8.27. The molecular formula is C20H19ClIN5O2. The Morgan fingerprint density at radius 1 is 1.21 bits per heavy atom. The lowest BCUT2D eigenvalue weighted by Crippen LogP contribution is -2.20. The topological polar surface area (TPSA) is 80.2 Å². The number of benzene rings is 1. The Balaban J connectivity index is 1.87. The van der Waals surface area contributed by atoms with Gasteiger partial charge in [0.05, 0.1) is 10.6 Å². The summed E-state index contributed by atoms with van der Waals surface area (Å²) in [6.45, 7) is 1.20. The van der Waals surface area contributed by atoms with Crippen LogP contribution in [-0.2, 0) is 0 Å². The minimum atomic E-state index is -0.298. The molecule has 3 aromatic rings. The van der Waals surface area contributed by atoms with E-state index in [2.05, 4.69) is 42.9 Å². The molecule has 1 aromatic carbocycles. The van der Waals surface area contributed by atoms with Crippen molar-refractivity contribution in [3.05, 3.63) is 63.3 Å². The molecule has 0 aliphatic rings. The van der Waals surface area contributed by atoms with Crippen LogP contribution in [-0.4, -0.2) is 53.0 Å². The van der Waals surface area contributed by atoms with Gasteiger partial charge in [0, 0.05) is 45.5 Å². The van der Waals surface area contributed by atoms with E-state index in [1.165, 1.54) is 12.5 Å². The standard InChI is InChI=1S/C20H19ClIN5O2/c1-27(2)5-6-29-20-16(14-9-23-12-24-10-14)7-13(11-25-20)19(28)26-15-3-4-18(22)17(21)8-15/h3-4,7-12H,5-6H2,1-2H3,(H,26,28). The van der Waals surface area contributed by atoms with Gasteiger partial charge in [-0.1, -0.05) is 11.6 Å². The van der Waals surface area contributed by atoms with Gasteiger partial charge >= 0.3 is 0 Å². The monoisotopic (exact) mass is 523 g/mol. The Labute approximate surface area is 187 Å². The van der Waals surface area contributed by atoms with E-state index in [9.17, 15) is 4.79 Å². The maximum atomic E-state index is 12.7. The van der Waals surface area contributed by atoms with Gasteiger partial charge in [-0.2, -0.15) is 0 Å². The zero-order valence-electron chi connectivity index (χ0n) is 15.9. The van der Waals surface area contributed by atoms with Crippen LogP contribution in [0.1, 0.15) is 10.4 Å². The highest BCUT2D eigenvalue weighted by Gasteiger charge is 2.15. The number of anilines is 1. The maximum absolute atomic E-state index is 12.7. The number of likely N-dealkylation sites (N-methyl/N-ethyl adjacent to an activating group) is 1. The van der Waals surface area contributed by atoms with Crippen molar-refractivity contribution in [2.45, 2.75) is 0 Å². The third kappa shape index (κ3) is 5.84. The number of nitrogens with one attached hydrogen (secondary N) is 1. The van der Waals surface area contributed by atoms with Crippen LogP contribution in [0.15, 0.2) is 49.2 Å². The van der Waals surface area contributed by atoms with Gasteiger partial charge in [0.25, 0.3) is 5.91 Å². The van der Waals surface area contributed by atoms with Crippen molar-refractivity contribution in [1.29, 1.82) is 0 Å². The fourth-order valence-corrected chi connectivity index (χ4v) is 2.95. The number of pyridine rings is 1. The van der Waals surface area contributed by atoms with Crippen LogP contribution in [0.4, 0.5) is 5.69 Å². The van der Waals surface area contributed by atoms with Crippen LogP contribution in [0.2, 0.25) is 5.02 Å². The smallest absolute Gasteiger partial charge is 0.257 e. The second kappa shape index (κ2) is 9.95. The number of aromatic nitrogens is 3. The molecule has 0 atom stereocenters. The lowest BCUT2D eigenvalue weighted by Gasteiger charge is -2.14. The molecule has 0 radical (unpaired) electrons. The fraction of sp³-hybridized carbons (Fsp3) is 0.200. The molecule has 1 N–H and O–H groups in total. The first kappa shape index (κ1) is 21.4. The molecular weight excluding hydrogens is 505 g/mol. The molecule has 2 aromatic heterocycles. The Hall–Kier alpha value is -2.30. The summed E-state index contributed by atoms with van der Waals surface area (Å²) in [5.41, 5.74) is 2.36. The maximum Gasteiger partial charge on any atom is 0.257 e. The highest BCUT2D eigenvalue weighted by Crippen LogP contribution is 2.29. The number of nitrogens with zero attached hydrogens (tertiary/aromatic N) is 4. The molecule has 29 heavy (non-hydrogen) atoms. The molecule has 0 unspecified atom stereocenters. The van der Waals surface area contributed by atoms with Crippen LogP contribution in [0.3, 0.4) is 0 Å². The quantitative estimate of drug-likeness (QED) is 0.472. The van der Waals surface area contributed by atoms with Crippen LogP contribution < -0.4 is 10.1 Å². The average molecular weight is 524 g/mol. The molecule has 0 bridgehead atoms. The Kier molecular flexibility index (Phi) is 7.34. The van der Waals surface area contributed by atoms with E-state index >= 15 is 0 Å². The van der Waals surface area contributed by atoms with Gasteiger partial charge < -0.3 is 15.0 Å². The van der Waals surface area contributed by atoms with Crippen molar-refractivity contribution in [1.82, 2.24) is 19.9 Å². The molecule has 0 aliphatic heterocycles. The highest BCUT2D eigenvalue weighted by molar-refractivity contribution is 14.1. The molecule has 0 saturated carbocycles. The lowest BCUT2D eigenvalue weighted by molar-refractivity contribution is 0.102. The number of halogens is 2. The van der Waals surface area contributed by atoms with Crippen LogP contribution in [0.25, 0.3) is 11.1 Å². The molecule has 0 saturated heterocycles. The zero-order valence-corrected chi connectivity index (χ0v) is 18.8. The summed E-state index contributed by atoms with van der Waals surface area (Å²) in [7, 11) is 3.93. The molecule has 9 heteroatoms. The number of ether oxygens (including phenoxy) is 1. The molecule has 0 spiro atoms. The number of carbonyl (C=O) groups is 1. The van der Waals surface area contributed by atoms with E-state index in [0.29, 0.717) is 39.9 Å². The molecule has 0 fully saturated rings. The first-order chi connectivity index (χ1) is 13.9. The van der Waals surface area contributed by atoms with Crippen LogP contribution >= 0.6 is 34.2 Å². The molecule has 150 valence electrons. The molecule has 7 nitrogen and oxygen atoms in total. The molecule has 1 amide bonds. The number of hydrogen-bond acceptors (Lipinski definition) is 6. The van der Waals surface area contributed by atoms with Crippen molar-refractivity contribution >= 4 is 45.8 Å². The van der Waals surface area contributed by atoms with E-state index in [0.717, 1.165) is 10.1 Å². The second-order valence-corrected chi connectivity index (χ2v) is 8.01. The summed E-state index contributed by atoms with van der Waals surface area (Å²) in [6.07, 6.45) is 6.25. The zero-order chi connectivity index (χ0) is 20.8. The Morgan fingerprint density at radius 3 is 2.66 bits per heavy atom. The average Bonchev–Trinajstić information content (AvgIpc) is 2.71. The molecule has 0 aliphatic carbocycles. The van der Waals surface area contributed by atoms with Crippen molar-refractivity contribution in [2.75, 3.05) is 32.6 Å². The highest BCUT2D eigenvalue weighted by atomic mass is 127. The summed E-state index contributed by atoms with van der Waals surface area (Å²) in [4.78, 5) is 27.2. The van der Waals surface area contributed by atoms with Crippen molar-refractivity contribution in [2.24, 2.45) is 0 Å². The first-order valence-electron chi connectivity index (χ1n) is 8.73. The number of rotatable bonds is 7. The summed E-state index contributed by atoms with van der Waals surface area (Å²) in [5, 5.41) is 3.41. The largest absolute Gasteiger partial charge is 0.476 e. The van der Waals surface area contributed by atoms with E-state index in [4.69, 9.17) is 16.3 Å². The van der Waals surface area contributed by atoms with Gasteiger partial charge in [-0.05, 0) is 61.0 Å². The van der Waals surface area contributed by atoms with Gasteiger partial charge in [0.1, 0.15) is 12.9 Å². The van der Waals surface area contributed by atoms with E-state index in [1.807, 2.05) is 25.1 Å². The predicted octanol–water partition coefficient (Wildman–Crippen LogP) is 3.99. The summed E-state index contributed by atoms with van der Waals surface area (Å²) < 4.78 is 6.74. The van der Waals surface area contributed by atoms with Gasteiger partial charge in [-0.25, -0.2) is 15.0 Å². The van der Waals surface area contributed by atoms with Crippen molar-refractivity contribution in [3.8, 4) is 17.0 Å². The Bertz CT molecular complexity index is 1000. The summed E-state index contributed by atoms with van der Waals surface area (Å²) in [6, 6.07) is 7.06. The van der Waals surface area contributed by atoms with Gasteiger partial charge in [-0.3, -0.25) is 4.79 Å². The van der Waals surface area contributed by atoms with E-state index < -0.39 is 0 Å². The first-order valence-corrected chi connectivity index (χ1v) is 10.2. The summed E-state index contributed by atoms with van der Waals surface area (Å²) in [5.74, 6) is 0.128. The van der Waals surface area contributed by atoms with Gasteiger partial charge in [-0.15, -0.1) is 0 Å². The second-order valence-electron chi connectivity index (χ2n) is 6.44. The van der Waals surface area contributed by atoms with Gasteiger partial charge in [0.2, 0.25) is 5.88 Å². The van der Waals surface area contributed by atoms with Crippen molar-refractivity contribution in [3.63, 3.8) is 0 Å². The Morgan fingerprint density at radius 2 is 1.97 bits per heavy atom. The number of carbonyl (C=O) groups excluding carboxylic acids is 1. The van der Waals surface area contributed by atoms with E-state index in [-0.39, 0.29) is 5.91 Å². The van der Waals surface area contributed by atoms with Crippen LogP contribution in [0, 0.1) is 3.57 Å². The van der Waals surface area contributed by atoms with Crippen LogP contribution in [0.5, 0.6) is 5.88 Å². The minimum absolute atomic E-state index is 0.298. The SMILES string of the molecule is CN(C)CCOc1ncc(C(=O)Nc2ccc(I)c(Cl)c2)cc1-c1cncnc1. The number of hydrogen-bond donors (Lipinski definition) is 1.